The molecular weight excluding hydrogens is 252 g/mol. The number of carbonyl (C=O) groups excluding carboxylic acids is 1. The van der Waals surface area contributed by atoms with E-state index in [0.717, 1.165) is 0 Å². The zero-order valence-electron chi connectivity index (χ0n) is 11.2. The van der Waals surface area contributed by atoms with Crippen molar-refractivity contribution in [1.29, 1.82) is 0 Å². The number of esters is 1. The Bertz CT molecular complexity index is 370. The number of halogens is 1. The van der Waals surface area contributed by atoms with Crippen LogP contribution in [-0.2, 0) is 9.53 Å². The second-order valence-corrected chi connectivity index (χ2v) is 5.31. The first-order valence-electron chi connectivity index (χ1n) is 5.61. The molecule has 0 radical (unpaired) electrons. The zero-order chi connectivity index (χ0) is 14.3. The third-order valence-electron chi connectivity index (χ3n) is 1.63. The fourth-order valence-corrected chi connectivity index (χ4v) is 1.10. The molecule has 0 aromatic heterocycles. The smallest absolute Gasteiger partial charge is 0.323 e. The van der Waals surface area contributed by atoms with Crippen LogP contribution in [0.4, 0.5) is 5.69 Å². The van der Waals surface area contributed by atoms with Crippen LogP contribution in [0.3, 0.4) is 0 Å². The molecule has 0 heterocycles. The molecule has 4 nitrogen and oxygen atoms in total. The molecule has 0 fully saturated rings. The van der Waals surface area contributed by atoms with E-state index >= 15 is 0 Å². The number of nitrogens with two attached hydrogens (primary N) is 2. The number of benzene rings is 1. The number of ether oxygens (including phenoxy) is 1. The Balaban J connectivity index is 0.000000327. The van der Waals surface area contributed by atoms with Gasteiger partial charge in [-0.1, -0.05) is 17.7 Å². The highest BCUT2D eigenvalue weighted by atomic mass is 35.5. The van der Waals surface area contributed by atoms with Crippen LogP contribution in [0.2, 0.25) is 5.02 Å². The Labute approximate surface area is 113 Å². The Morgan fingerprint density at radius 1 is 1.39 bits per heavy atom. The van der Waals surface area contributed by atoms with E-state index in [0.29, 0.717) is 10.7 Å². The van der Waals surface area contributed by atoms with Crippen LogP contribution in [0.5, 0.6) is 0 Å². The predicted octanol–water partition coefficient (Wildman–Crippen LogP) is 2.60. The van der Waals surface area contributed by atoms with Crippen molar-refractivity contribution in [2.75, 3.05) is 5.73 Å². The summed E-state index contributed by atoms with van der Waals surface area (Å²) >= 11 is 5.56. The van der Waals surface area contributed by atoms with Crippen LogP contribution in [-0.4, -0.2) is 17.6 Å². The first-order chi connectivity index (χ1) is 8.11. The molecule has 0 saturated carbocycles. The van der Waals surface area contributed by atoms with Gasteiger partial charge in [0, 0.05) is 10.7 Å². The van der Waals surface area contributed by atoms with Gasteiger partial charge in [-0.3, -0.25) is 4.79 Å². The quantitative estimate of drug-likeness (QED) is 0.608. The molecule has 0 saturated heterocycles. The number of hydrogen-bond donors (Lipinski definition) is 2. The third-order valence-corrected chi connectivity index (χ3v) is 1.86. The lowest BCUT2D eigenvalue weighted by Gasteiger charge is -2.20. The van der Waals surface area contributed by atoms with Gasteiger partial charge in [-0.2, -0.15) is 0 Å². The maximum absolute atomic E-state index is 10.8. The second kappa shape index (κ2) is 7.24. The molecule has 0 unspecified atom stereocenters. The summed E-state index contributed by atoms with van der Waals surface area (Å²) in [6.45, 7) is 7.04. The van der Waals surface area contributed by atoms with Gasteiger partial charge in [0.1, 0.15) is 11.6 Å². The van der Waals surface area contributed by atoms with E-state index in [-0.39, 0.29) is 5.97 Å². The second-order valence-electron chi connectivity index (χ2n) is 4.88. The van der Waals surface area contributed by atoms with Gasteiger partial charge in [-0.25, -0.2) is 0 Å². The van der Waals surface area contributed by atoms with Gasteiger partial charge in [-0.05, 0) is 45.9 Å². The van der Waals surface area contributed by atoms with E-state index < -0.39 is 11.6 Å². The number of carbonyl (C=O) groups is 1. The van der Waals surface area contributed by atoms with Crippen LogP contribution in [0.25, 0.3) is 0 Å². The SMILES string of the molecule is C[C@H](N)C(=O)OC(C)(C)C.Nc1cccc(Cl)c1. The van der Waals surface area contributed by atoms with Crippen LogP contribution in [0.1, 0.15) is 27.7 Å². The van der Waals surface area contributed by atoms with Gasteiger partial charge in [0.2, 0.25) is 0 Å². The molecule has 4 N–H and O–H groups in total. The normalized spacial score (nSPS) is 12.1. The molecule has 0 spiro atoms. The van der Waals surface area contributed by atoms with Crippen molar-refractivity contribution in [2.45, 2.75) is 39.3 Å². The summed E-state index contributed by atoms with van der Waals surface area (Å²) in [6, 6.07) is 6.59. The largest absolute Gasteiger partial charge is 0.459 e. The van der Waals surface area contributed by atoms with Gasteiger partial charge in [0.15, 0.2) is 0 Å². The molecule has 5 heteroatoms. The van der Waals surface area contributed by atoms with Crippen LogP contribution in [0, 0.1) is 0 Å². The molecule has 18 heavy (non-hydrogen) atoms. The molecule has 102 valence electrons. The topological polar surface area (TPSA) is 78.3 Å². The third kappa shape index (κ3) is 8.84. The molecule has 1 aromatic carbocycles. The van der Waals surface area contributed by atoms with Crippen molar-refractivity contribution in [3.63, 3.8) is 0 Å². The Kier molecular flexibility index (Phi) is 6.73. The first kappa shape index (κ1) is 16.7. The standard InChI is InChI=1S/C7H15NO2.C6H6ClN/c1-5(8)6(9)10-7(2,3)4;7-5-2-1-3-6(8)4-5/h5H,8H2,1-4H3;1-4H,8H2/t5-;/m0./s1. The Morgan fingerprint density at radius 3 is 2.17 bits per heavy atom. The van der Waals surface area contributed by atoms with E-state index in [4.69, 9.17) is 27.8 Å². The molecule has 1 aromatic rings. The van der Waals surface area contributed by atoms with Gasteiger partial charge in [-0.15, -0.1) is 0 Å². The van der Waals surface area contributed by atoms with E-state index in [1.807, 2.05) is 26.8 Å². The maximum atomic E-state index is 10.8. The summed E-state index contributed by atoms with van der Waals surface area (Å²) in [6.07, 6.45) is 0. The van der Waals surface area contributed by atoms with E-state index in [1.165, 1.54) is 0 Å². The van der Waals surface area contributed by atoms with Crippen molar-refractivity contribution in [2.24, 2.45) is 5.73 Å². The summed E-state index contributed by atoms with van der Waals surface area (Å²) < 4.78 is 4.94. The minimum atomic E-state index is -0.528. The number of anilines is 1. The average molecular weight is 273 g/mol. The number of hydrogen-bond acceptors (Lipinski definition) is 4. The summed E-state index contributed by atoms with van der Waals surface area (Å²) in [4.78, 5) is 10.8. The lowest BCUT2D eigenvalue weighted by molar-refractivity contribution is -0.155. The fraction of sp³-hybridized carbons (Fsp3) is 0.462. The minimum absolute atomic E-state index is 0.354. The van der Waals surface area contributed by atoms with E-state index in [9.17, 15) is 4.79 Å². The van der Waals surface area contributed by atoms with Crippen molar-refractivity contribution in [3.05, 3.63) is 29.3 Å². The summed E-state index contributed by atoms with van der Waals surface area (Å²) in [5.74, 6) is -0.354. The summed E-state index contributed by atoms with van der Waals surface area (Å²) in [5.41, 5.74) is 10.9. The number of rotatable bonds is 1. The van der Waals surface area contributed by atoms with Crippen LogP contribution >= 0.6 is 11.6 Å². The fourth-order valence-electron chi connectivity index (χ4n) is 0.901. The zero-order valence-corrected chi connectivity index (χ0v) is 12.0. The predicted molar refractivity (Wildman–Crippen MR) is 75.4 cm³/mol. The maximum Gasteiger partial charge on any atom is 0.323 e. The average Bonchev–Trinajstić information content (AvgIpc) is 2.15. The highest BCUT2D eigenvalue weighted by molar-refractivity contribution is 6.30. The molecule has 0 bridgehead atoms. The molecule has 0 aliphatic rings. The molecule has 1 rings (SSSR count). The Morgan fingerprint density at radius 2 is 1.94 bits per heavy atom. The van der Waals surface area contributed by atoms with Crippen LogP contribution < -0.4 is 11.5 Å². The molecule has 0 aliphatic heterocycles. The molecule has 1 atom stereocenters. The highest BCUT2D eigenvalue weighted by Gasteiger charge is 2.18. The van der Waals surface area contributed by atoms with E-state index in [1.54, 1.807) is 25.1 Å². The van der Waals surface area contributed by atoms with Gasteiger partial charge in [0.25, 0.3) is 0 Å². The first-order valence-corrected chi connectivity index (χ1v) is 5.99. The van der Waals surface area contributed by atoms with E-state index in [2.05, 4.69) is 0 Å². The molecular formula is C13H21ClN2O2. The van der Waals surface area contributed by atoms with Crippen molar-refractivity contribution < 1.29 is 9.53 Å². The summed E-state index contributed by atoms with van der Waals surface area (Å²) in [5, 5.41) is 0.685. The number of nitrogen functional groups attached to an aromatic ring is 1. The molecule has 0 aliphatic carbocycles. The van der Waals surface area contributed by atoms with Crippen molar-refractivity contribution in [3.8, 4) is 0 Å². The lowest BCUT2D eigenvalue weighted by Crippen LogP contribution is -2.35. The monoisotopic (exact) mass is 272 g/mol. The summed E-state index contributed by atoms with van der Waals surface area (Å²) in [7, 11) is 0. The molecule has 0 amide bonds. The van der Waals surface area contributed by atoms with Crippen molar-refractivity contribution in [1.82, 2.24) is 0 Å². The lowest BCUT2D eigenvalue weighted by atomic mass is 10.2. The highest BCUT2D eigenvalue weighted by Crippen LogP contribution is 2.10. The van der Waals surface area contributed by atoms with Crippen LogP contribution in [0.15, 0.2) is 24.3 Å². The van der Waals surface area contributed by atoms with Gasteiger partial charge in [0.05, 0.1) is 0 Å². The van der Waals surface area contributed by atoms with Gasteiger partial charge < -0.3 is 16.2 Å². The minimum Gasteiger partial charge on any atom is -0.459 e. The Hall–Kier alpha value is -1.26. The van der Waals surface area contributed by atoms with Crippen molar-refractivity contribution >= 4 is 23.3 Å². The van der Waals surface area contributed by atoms with Gasteiger partial charge >= 0.3 is 5.97 Å².